The predicted octanol–water partition coefficient (Wildman–Crippen LogP) is 2.57. The molecule has 0 bridgehead atoms. The molecule has 0 aliphatic carbocycles. The molecule has 1 aromatic rings. The number of thioether (sulfide) groups is 1. The zero-order chi connectivity index (χ0) is 10.1. The lowest BCUT2D eigenvalue weighted by molar-refractivity contribution is 0.802. The van der Waals surface area contributed by atoms with Crippen molar-refractivity contribution in [1.29, 1.82) is 0 Å². The SMILES string of the molecule is Cc1cc(SC(C)(C)C)c[nH]c1=O. The highest BCUT2D eigenvalue weighted by Crippen LogP contribution is 2.30. The molecule has 0 amide bonds. The molecule has 1 rings (SSSR count). The number of aromatic amines is 1. The summed E-state index contributed by atoms with van der Waals surface area (Å²) in [5.74, 6) is 0. The Balaban J connectivity index is 2.92. The van der Waals surface area contributed by atoms with Gasteiger partial charge in [0.25, 0.3) is 5.56 Å². The van der Waals surface area contributed by atoms with Crippen LogP contribution in [0.1, 0.15) is 26.3 Å². The summed E-state index contributed by atoms with van der Waals surface area (Å²) < 4.78 is 0.185. The van der Waals surface area contributed by atoms with Gasteiger partial charge in [0.1, 0.15) is 0 Å². The number of hydrogen-bond acceptors (Lipinski definition) is 2. The maximum absolute atomic E-state index is 11.1. The van der Waals surface area contributed by atoms with Crippen LogP contribution in [-0.2, 0) is 0 Å². The standard InChI is InChI=1S/C10H15NOS/c1-7-5-8(6-11-9(7)12)13-10(2,3)4/h5-6H,1-4H3,(H,11,12). The molecular formula is C10H15NOS. The number of aromatic nitrogens is 1. The Bertz CT molecular complexity index is 349. The predicted molar refractivity (Wildman–Crippen MR) is 57.4 cm³/mol. The zero-order valence-electron chi connectivity index (χ0n) is 8.47. The lowest BCUT2D eigenvalue weighted by Gasteiger charge is -2.17. The van der Waals surface area contributed by atoms with Crippen LogP contribution in [0, 0.1) is 6.92 Å². The summed E-state index contributed by atoms with van der Waals surface area (Å²) in [7, 11) is 0. The fraction of sp³-hybridized carbons (Fsp3) is 0.500. The molecule has 0 radical (unpaired) electrons. The molecule has 0 aromatic carbocycles. The summed E-state index contributed by atoms with van der Waals surface area (Å²) >= 11 is 1.75. The fourth-order valence-corrected chi connectivity index (χ4v) is 2.04. The third kappa shape index (κ3) is 3.27. The third-order valence-electron chi connectivity index (χ3n) is 1.49. The van der Waals surface area contributed by atoms with E-state index < -0.39 is 0 Å². The molecule has 0 unspecified atom stereocenters. The summed E-state index contributed by atoms with van der Waals surface area (Å²) in [6.07, 6.45) is 1.77. The van der Waals surface area contributed by atoms with Crippen molar-refractivity contribution in [2.45, 2.75) is 37.3 Å². The summed E-state index contributed by atoms with van der Waals surface area (Å²) in [5.41, 5.74) is 0.771. The van der Waals surface area contributed by atoms with Gasteiger partial charge in [0.15, 0.2) is 0 Å². The lowest BCUT2D eigenvalue weighted by atomic mass is 10.3. The molecule has 3 heteroatoms. The molecule has 0 saturated heterocycles. The summed E-state index contributed by atoms with van der Waals surface area (Å²) in [6.45, 7) is 8.28. The van der Waals surface area contributed by atoms with Gasteiger partial charge >= 0.3 is 0 Å². The number of hydrogen-bond donors (Lipinski definition) is 1. The van der Waals surface area contributed by atoms with Crippen LogP contribution in [0.4, 0.5) is 0 Å². The number of rotatable bonds is 1. The molecular weight excluding hydrogens is 182 g/mol. The van der Waals surface area contributed by atoms with Gasteiger partial charge in [0.05, 0.1) is 0 Å². The van der Waals surface area contributed by atoms with Gasteiger partial charge in [-0.1, -0.05) is 20.8 Å². The van der Waals surface area contributed by atoms with Crippen molar-refractivity contribution in [1.82, 2.24) is 4.98 Å². The van der Waals surface area contributed by atoms with E-state index in [1.54, 1.807) is 18.0 Å². The normalized spacial score (nSPS) is 11.7. The van der Waals surface area contributed by atoms with Crippen LogP contribution in [0.2, 0.25) is 0 Å². The van der Waals surface area contributed by atoms with Crippen molar-refractivity contribution < 1.29 is 0 Å². The molecule has 1 N–H and O–H groups in total. The van der Waals surface area contributed by atoms with Gasteiger partial charge in [-0.25, -0.2) is 0 Å². The number of pyridine rings is 1. The van der Waals surface area contributed by atoms with Crippen LogP contribution < -0.4 is 5.56 Å². The minimum absolute atomic E-state index is 0.00161. The van der Waals surface area contributed by atoms with Gasteiger partial charge in [-0.3, -0.25) is 4.79 Å². The second kappa shape index (κ2) is 3.58. The van der Waals surface area contributed by atoms with E-state index in [9.17, 15) is 4.79 Å². The van der Waals surface area contributed by atoms with Gasteiger partial charge in [0, 0.05) is 21.4 Å². The molecule has 0 aliphatic heterocycles. The maximum Gasteiger partial charge on any atom is 0.250 e. The van der Waals surface area contributed by atoms with Crippen LogP contribution >= 0.6 is 11.8 Å². The van der Waals surface area contributed by atoms with Crippen molar-refractivity contribution in [3.05, 3.63) is 28.2 Å². The van der Waals surface area contributed by atoms with E-state index in [0.717, 1.165) is 10.5 Å². The highest BCUT2D eigenvalue weighted by Gasteiger charge is 2.12. The molecule has 1 heterocycles. The first-order valence-corrected chi connectivity index (χ1v) is 5.08. The Labute approximate surface area is 82.8 Å². The molecule has 0 fully saturated rings. The van der Waals surface area contributed by atoms with Crippen LogP contribution in [0.5, 0.6) is 0 Å². The van der Waals surface area contributed by atoms with E-state index in [4.69, 9.17) is 0 Å². The molecule has 13 heavy (non-hydrogen) atoms. The molecule has 0 aliphatic rings. The summed E-state index contributed by atoms with van der Waals surface area (Å²) in [6, 6.07) is 1.93. The number of nitrogens with one attached hydrogen (secondary N) is 1. The number of aryl methyl sites for hydroxylation is 1. The minimum atomic E-state index is -0.00161. The minimum Gasteiger partial charge on any atom is -0.328 e. The van der Waals surface area contributed by atoms with Gasteiger partial charge in [-0.05, 0) is 13.0 Å². The zero-order valence-corrected chi connectivity index (χ0v) is 9.29. The van der Waals surface area contributed by atoms with Crippen molar-refractivity contribution >= 4 is 11.8 Å². The van der Waals surface area contributed by atoms with Crippen LogP contribution in [0.3, 0.4) is 0 Å². The summed E-state index contributed by atoms with van der Waals surface area (Å²) in [4.78, 5) is 14.9. The van der Waals surface area contributed by atoms with Crippen LogP contribution in [-0.4, -0.2) is 9.73 Å². The molecule has 0 saturated carbocycles. The van der Waals surface area contributed by atoms with Crippen LogP contribution in [0.15, 0.2) is 22.0 Å². The van der Waals surface area contributed by atoms with Gasteiger partial charge in [-0.2, -0.15) is 0 Å². The van der Waals surface area contributed by atoms with Gasteiger partial charge in [0.2, 0.25) is 0 Å². The largest absolute Gasteiger partial charge is 0.328 e. The Morgan fingerprint density at radius 2 is 2.00 bits per heavy atom. The van der Waals surface area contributed by atoms with Gasteiger partial charge < -0.3 is 4.98 Å². The average molecular weight is 197 g/mol. The fourth-order valence-electron chi connectivity index (χ4n) is 0.984. The van der Waals surface area contributed by atoms with E-state index in [1.165, 1.54) is 0 Å². The molecule has 1 aromatic heterocycles. The van der Waals surface area contributed by atoms with Crippen molar-refractivity contribution in [3.63, 3.8) is 0 Å². The first-order chi connectivity index (χ1) is 5.88. The Morgan fingerprint density at radius 3 is 2.46 bits per heavy atom. The van der Waals surface area contributed by atoms with E-state index >= 15 is 0 Å². The molecule has 72 valence electrons. The Morgan fingerprint density at radius 1 is 1.38 bits per heavy atom. The first-order valence-electron chi connectivity index (χ1n) is 4.27. The van der Waals surface area contributed by atoms with Gasteiger partial charge in [-0.15, -0.1) is 11.8 Å². The lowest BCUT2D eigenvalue weighted by Crippen LogP contribution is -2.11. The monoisotopic (exact) mass is 197 g/mol. The highest BCUT2D eigenvalue weighted by atomic mass is 32.2. The van der Waals surface area contributed by atoms with Crippen LogP contribution in [0.25, 0.3) is 0 Å². The van der Waals surface area contributed by atoms with E-state index in [1.807, 2.05) is 13.0 Å². The van der Waals surface area contributed by atoms with Crippen molar-refractivity contribution in [3.8, 4) is 0 Å². The topological polar surface area (TPSA) is 32.9 Å². The molecule has 2 nitrogen and oxygen atoms in total. The van der Waals surface area contributed by atoms with E-state index in [2.05, 4.69) is 25.8 Å². The smallest absolute Gasteiger partial charge is 0.250 e. The average Bonchev–Trinajstić information content (AvgIpc) is 1.94. The molecule has 0 spiro atoms. The Kier molecular flexibility index (Phi) is 2.86. The molecule has 0 atom stereocenters. The number of H-pyrrole nitrogens is 1. The van der Waals surface area contributed by atoms with Crippen molar-refractivity contribution in [2.75, 3.05) is 0 Å². The van der Waals surface area contributed by atoms with Crippen molar-refractivity contribution in [2.24, 2.45) is 0 Å². The quantitative estimate of drug-likeness (QED) is 0.702. The third-order valence-corrected chi connectivity index (χ3v) is 2.57. The van der Waals surface area contributed by atoms with E-state index in [0.29, 0.717) is 0 Å². The Hall–Kier alpha value is -0.700. The second-order valence-electron chi connectivity index (χ2n) is 4.06. The first kappa shape index (κ1) is 10.4. The maximum atomic E-state index is 11.1. The summed E-state index contributed by atoms with van der Waals surface area (Å²) in [5, 5.41) is 0. The second-order valence-corrected chi connectivity index (χ2v) is 5.96. The highest BCUT2D eigenvalue weighted by molar-refractivity contribution is 8.00. The van der Waals surface area contributed by atoms with E-state index in [-0.39, 0.29) is 10.3 Å².